The first-order valence-corrected chi connectivity index (χ1v) is 6.57. The number of alkyl halides is 20. The van der Waals surface area contributed by atoms with Gasteiger partial charge in [-0.3, -0.25) is 0 Å². The third kappa shape index (κ3) is 3.39. The Kier molecular flexibility index (Phi) is 6.38. The van der Waals surface area contributed by atoms with Crippen LogP contribution >= 0.6 is 15.9 Å². The van der Waals surface area contributed by atoms with Crippen LogP contribution in [0, 0.1) is 0 Å². The SMILES string of the molecule is FC(F)(F)C(F)(C(F)(F)F)C(F)(F)C(F)(F)C(F)(F)[C@@](F)(C(F)(F)F)C(F)(F)Br. The molecule has 20 heteroatoms. The van der Waals surface area contributed by atoms with Crippen molar-refractivity contribution in [2.75, 3.05) is 0 Å². The zero-order chi connectivity index (χ0) is 24.5. The second-order valence-electron chi connectivity index (χ2n) is 5.03. The highest BCUT2D eigenvalue weighted by atomic mass is 79.9. The quantitative estimate of drug-likeness (QED) is 0.257. The van der Waals surface area contributed by atoms with Gasteiger partial charge in [-0.25, -0.2) is 8.78 Å². The van der Waals surface area contributed by atoms with E-state index in [4.69, 9.17) is 0 Å². The van der Waals surface area contributed by atoms with Gasteiger partial charge in [-0.05, 0) is 15.9 Å². The Morgan fingerprint density at radius 1 is 0.310 bits per heavy atom. The summed E-state index contributed by atoms with van der Waals surface area (Å²) >= 11 is 0.137. The molecule has 1 atom stereocenters. The molecule has 0 N–H and O–H groups in total. The van der Waals surface area contributed by atoms with E-state index in [9.17, 15) is 83.4 Å². The molecule has 0 radical (unpaired) electrons. The fourth-order valence-electron chi connectivity index (χ4n) is 1.66. The van der Waals surface area contributed by atoms with Crippen molar-refractivity contribution in [3.63, 3.8) is 0 Å². The standard InChI is InChI=1S/C9BrF19/c10-6(19,20)1(11,7(21,22)23)3(13,14)5(17,18)4(15,16)2(12,8(24,25)26)9(27,28)29/t1-/m0/s1. The van der Waals surface area contributed by atoms with Gasteiger partial charge in [-0.15, -0.1) is 0 Å². The first-order valence-electron chi connectivity index (χ1n) is 5.78. The van der Waals surface area contributed by atoms with Gasteiger partial charge in [0.2, 0.25) is 0 Å². The van der Waals surface area contributed by atoms with Crippen LogP contribution in [0.4, 0.5) is 83.4 Å². The van der Waals surface area contributed by atoms with Crippen LogP contribution in [0.15, 0.2) is 0 Å². The van der Waals surface area contributed by atoms with Crippen molar-refractivity contribution in [1.29, 1.82) is 0 Å². The van der Waals surface area contributed by atoms with Crippen molar-refractivity contribution in [2.24, 2.45) is 0 Å². The average molecular weight is 549 g/mol. The molecule has 0 aromatic heterocycles. The molecule has 0 nitrogen and oxygen atoms in total. The molecule has 0 aliphatic heterocycles. The molecule has 0 fully saturated rings. The van der Waals surface area contributed by atoms with Crippen molar-refractivity contribution in [3.05, 3.63) is 0 Å². The third-order valence-corrected chi connectivity index (χ3v) is 3.76. The number of rotatable bonds is 5. The van der Waals surface area contributed by atoms with Crippen LogP contribution in [0.3, 0.4) is 0 Å². The van der Waals surface area contributed by atoms with Gasteiger partial charge in [0.15, 0.2) is 0 Å². The van der Waals surface area contributed by atoms with Crippen molar-refractivity contribution in [2.45, 2.75) is 52.5 Å². The topological polar surface area (TPSA) is 0 Å². The minimum Gasteiger partial charge on any atom is -0.219 e. The first-order chi connectivity index (χ1) is 12.0. The van der Waals surface area contributed by atoms with E-state index < -0.39 is 52.5 Å². The summed E-state index contributed by atoms with van der Waals surface area (Å²) in [4.78, 5) is -7.04. The lowest BCUT2D eigenvalue weighted by Gasteiger charge is -2.46. The van der Waals surface area contributed by atoms with Gasteiger partial charge in [-0.1, -0.05) is 0 Å². The molecule has 0 amide bonds. The highest BCUT2D eigenvalue weighted by molar-refractivity contribution is 9.10. The molecule has 176 valence electrons. The zero-order valence-corrected chi connectivity index (χ0v) is 13.6. The van der Waals surface area contributed by atoms with E-state index in [1.165, 1.54) is 0 Å². The lowest BCUT2D eigenvalue weighted by atomic mass is 9.82. The molecule has 29 heavy (non-hydrogen) atoms. The summed E-state index contributed by atoms with van der Waals surface area (Å²) in [6.45, 7) is 0. The van der Waals surface area contributed by atoms with Gasteiger partial charge in [0.05, 0.1) is 0 Å². The van der Waals surface area contributed by atoms with Crippen molar-refractivity contribution in [3.8, 4) is 0 Å². The molecule has 0 bridgehead atoms. The highest BCUT2D eigenvalue weighted by Gasteiger charge is 2.99. The Morgan fingerprint density at radius 2 is 0.517 bits per heavy atom. The van der Waals surface area contributed by atoms with Crippen molar-refractivity contribution >= 4 is 15.9 Å². The minimum absolute atomic E-state index is 0.137. The van der Waals surface area contributed by atoms with E-state index in [1.54, 1.807) is 0 Å². The van der Waals surface area contributed by atoms with Gasteiger partial charge >= 0.3 is 52.5 Å². The highest BCUT2D eigenvalue weighted by Crippen LogP contribution is 2.67. The van der Waals surface area contributed by atoms with E-state index in [1.807, 2.05) is 0 Å². The van der Waals surface area contributed by atoms with Crippen molar-refractivity contribution < 1.29 is 83.4 Å². The Hall–Kier alpha value is -0.850. The Morgan fingerprint density at radius 3 is 0.690 bits per heavy atom. The maximum absolute atomic E-state index is 13.4. The summed E-state index contributed by atoms with van der Waals surface area (Å²) in [7, 11) is 0. The van der Waals surface area contributed by atoms with Gasteiger partial charge in [-0.2, -0.15) is 74.6 Å². The van der Waals surface area contributed by atoms with Gasteiger partial charge in [0.1, 0.15) is 0 Å². The third-order valence-electron chi connectivity index (χ3n) is 3.22. The maximum atomic E-state index is 13.4. The van der Waals surface area contributed by atoms with E-state index in [0.717, 1.165) is 0 Å². The molecule has 0 spiro atoms. The summed E-state index contributed by atoms with van der Waals surface area (Å²) in [5, 5.41) is 0. The summed E-state index contributed by atoms with van der Waals surface area (Å²) in [6.07, 6.45) is -24.6. The molecule has 0 aliphatic carbocycles. The summed E-state index contributed by atoms with van der Waals surface area (Å²) < 4.78 is 241. The zero-order valence-electron chi connectivity index (χ0n) is 12.1. The smallest absolute Gasteiger partial charge is 0.219 e. The second-order valence-corrected chi connectivity index (χ2v) is 6.03. The van der Waals surface area contributed by atoms with E-state index in [2.05, 4.69) is 0 Å². The van der Waals surface area contributed by atoms with Crippen LogP contribution in [0.1, 0.15) is 0 Å². The van der Waals surface area contributed by atoms with Crippen molar-refractivity contribution in [1.82, 2.24) is 0 Å². The summed E-state index contributed by atoms with van der Waals surface area (Å²) in [5.74, 6) is -26.8. The minimum atomic E-state index is -9.00. The normalized spacial score (nSPS) is 18.6. The Balaban J connectivity index is 7.27. The van der Waals surface area contributed by atoms with Crippen LogP contribution in [-0.2, 0) is 0 Å². The molecule has 0 saturated heterocycles. The van der Waals surface area contributed by atoms with Gasteiger partial charge < -0.3 is 0 Å². The van der Waals surface area contributed by atoms with Gasteiger partial charge in [0, 0.05) is 0 Å². The first kappa shape index (κ1) is 28.1. The monoisotopic (exact) mass is 548 g/mol. The molecule has 0 aliphatic rings. The van der Waals surface area contributed by atoms with E-state index in [0.29, 0.717) is 0 Å². The maximum Gasteiger partial charge on any atom is 0.438 e. The Labute approximate surface area is 153 Å². The largest absolute Gasteiger partial charge is 0.438 e. The lowest BCUT2D eigenvalue weighted by molar-refractivity contribution is -0.467. The van der Waals surface area contributed by atoms with Crippen LogP contribution in [0.25, 0.3) is 0 Å². The van der Waals surface area contributed by atoms with Gasteiger partial charge in [0.25, 0.3) is 0 Å². The number of halogens is 20. The molecular weight excluding hydrogens is 549 g/mol. The summed E-state index contributed by atoms with van der Waals surface area (Å²) in [6, 6.07) is 0. The fourth-order valence-corrected chi connectivity index (χ4v) is 2.14. The molecular formula is C9BrF19. The predicted octanol–water partition coefficient (Wildman–Crippen LogP) is 6.98. The molecule has 0 heterocycles. The van der Waals surface area contributed by atoms with Crippen LogP contribution in [0.2, 0.25) is 0 Å². The molecule has 0 aromatic carbocycles. The van der Waals surface area contributed by atoms with E-state index in [-0.39, 0.29) is 15.9 Å². The summed E-state index contributed by atoms with van der Waals surface area (Å²) in [5.41, 5.74) is -17.0. The number of hydrogen-bond acceptors (Lipinski definition) is 0. The Bertz CT molecular complexity index is 519. The molecule has 0 saturated carbocycles. The average Bonchev–Trinajstić information content (AvgIpc) is 2.39. The fraction of sp³-hybridized carbons (Fsp3) is 1.00. The molecule has 0 aromatic rings. The van der Waals surface area contributed by atoms with Crippen LogP contribution in [0.5, 0.6) is 0 Å². The predicted molar refractivity (Wildman–Crippen MR) is 54.6 cm³/mol. The second kappa shape index (κ2) is 6.57. The van der Waals surface area contributed by atoms with Crippen LogP contribution in [-0.4, -0.2) is 52.5 Å². The van der Waals surface area contributed by atoms with Crippen LogP contribution < -0.4 is 0 Å². The molecule has 0 rings (SSSR count). The molecule has 0 unspecified atom stereocenters. The number of hydrogen-bond donors (Lipinski definition) is 0. The van der Waals surface area contributed by atoms with E-state index >= 15 is 0 Å². The lowest BCUT2D eigenvalue weighted by Crippen LogP contribution is -2.79.